The molecule has 124 valence electrons. The lowest BCUT2D eigenvalue weighted by molar-refractivity contribution is -0.117. The highest BCUT2D eigenvalue weighted by atomic mass is 79.9. The Kier molecular flexibility index (Phi) is 5.18. The number of hydrogen-bond donors (Lipinski definition) is 0. The molecule has 0 aliphatic carbocycles. The second kappa shape index (κ2) is 7.17. The highest BCUT2D eigenvalue weighted by Crippen LogP contribution is 2.36. The maximum Gasteiger partial charge on any atom is 0.293 e. The van der Waals surface area contributed by atoms with Crippen LogP contribution in [0.5, 0.6) is 5.75 Å². The zero-order chi connectivity index (χ0) is 17.3. The van der Waals surface area contributed by atoms with Crippen molar-refractivity contribution in [3.8, 4) is 5.75 Å². The molecule has 24 heavy (non-hydrogen) atoms. The summed E-state index contributed by atoms with van der Waals surface area (Å²) in [6.07, 6.45) is 0.412. The third-order valence-electron chi connectivity index (χ3n) is 3.64. The monoisotopic (exact) mass is 425 g/mol. The fourth-order valence-corrected chi connectivity index (χ4v) is 4.15. The van der Waals surface area contributed by atoms with Crippen LogP contribution in [0.25, 0.3) is 0 Å². The first-order chi connectivity index (χ1) is 11.5. The predicted octanol–water partition coefficient (Wildman–Crippen LogP) is 4.92. The minimum atomic E-state index is -0.486. The van der Waals surface area contributed by atoms with Crippen molar-refractivity contribution in [3.63, 3.8) is 0 Å². The van der Waals surface area contributed by atoms with E-state index in [2.05, 4.69) is 15.9 Å². The van der Waals surface area contributed by atoms with Crippen LogP contribution < -0.4 is 9.64 Å². The highest BCUT2D eigenvalue weighted by molar-refractivity contribution is 9.10. The van der Waals surface area contributed by atoms with Crippen LogP contribution in [-0.4, -0.2) is 23.5 Å². The van der Waals surface area contributed by atoms with E-state index in [9.17, 15) is 9.59 Å². The zero-order valence-corrected chi connectivity index (χ0v) is 15.8. The zero-order valence-electron chi connectivity index (χ0n) is 12.7. The molecule has 2 aromatic rings. The molecular formula is C17H13BrClNO3S. The molecule has 4 nitrogen and oxygen atoms in total. The Hall–Kier alpha value is -1.50. The molecular weight excluding hydrogens is 414 g/mol. The second-order valence-corrected chi connectivity index (χ2v) is 7.69. The smallest absolute Gasteiger partial charge is 0.293 e. The summed E-state index contributed by atoms with van der Waals surface area (Å²) in [6.45, 7) is 0. The molecule has 0 aromatic heterocycles. The third-order valence-corrected chi connectivity index (χ3v) is 5.40. The van der Waals surface area contributed by atoms with E-state index in [1.807, 2.05) is 18.2 Å². The molecule has 0 bridgehead atoms. The maximum atomic E-state index is 12.7. The number of carbonyl (C=O) groups excluding carboxylic acids is 2. The van der Waals surface area contributed by atoms with Crippen LogP contribution in [0.1, 0.15) is 5.56 Å². The molecule has 1 heterocycles. The van der Waals surface area contributed by atoms with Gasteiger partial charge in [0.2, 0.25) is 5.91 Å². The molecule has 3 rings (SSSR count). The van der Waals surface area contributed by atoms with Crippen LogP contribution in [0.3, 0.4) is 0 Å². The van der Waals surface area contributed by atoms with E-state index in [4.69, 9.17) is 16.3 Å². The molecule has 0 unspecified atom stereocenters. The van der Waals surface area contributed by atoms with Gasteiger partial charge in [-0.25, -0.2) is 4.90 Å². The Bertz CT molecular complexity index is 814. The van der Waals surface area contributed by atoms with Crippen molar-refractivity contribution in [1.82, 2.24) is 0 Å². The largest absolute Gasteiger partial charge is 0.496 e. The van der Waals surface area contributed by atoms with Crippen molar-refractivity contribution >= 4 is 56.1 Å². The van der Waals surface area contributed by atoms with E-state index in [1.54, 1.807) is 31.4 Å². The highest BCUT2D eigenvalue weighted by Gasteiger charge is 2.40. The van der Waals surface area contributed by atoms with Crippen LogP contribution in [0.2, 0.25) is 5.02 Å². The second-order valence-electron chi connectivity index (χ2n) is 5.19. The third kappa shape index (κ3) is 3.45. The summed E-state index contributed by atoms with van der Waals surface area (Å²) < 4.78 is 6.24. The van der Waals surface area contributed by atoms with Gasteiger partial charge in [-0.2, -0.15) is 0 Å². The van der Waals surface area contributed by atoms with Gasteiger partial charge < -0.3 is 4.74 Å². The fourth-order valence-electron chi connectivity index (χ4n) is 2.54. The van der Waals surface area contributed by atoms with Gasteiger partial charge in [0.1, 0.15) is 5.75 Å². The quantitative estimate of drug-likeness (QED) is 0.696. The summed E-state index contributed by atoms with van der Waals surface area (Å²) in [5.74, 6) is 0.453. The number of thioether (sulfide) groups is 1. The number of nitrogens with zero attached hydrogens (tertiary/aromatic N) is 1. The first-order valence-corrected chi connectivity index (χ1v) is 9.17. The minimum Gasteiger partial charge on any atom is -0.496 e. The van der Waals surface area contributed by atoms with Crippen molar-refractivity contribution in [1.29, 1.82) is 0 Å². The van der Waals surface area contributed by atoms with E-state index in [0.717, 1.165) is 21.8 Å². The molecule has 1 atom stereocenters. The van der Waals surface area contributed by atoms with Gasteiger partial charge in [-0.15, -0.1) is 0 Å². The molecule has 0 spiro atoms. The lowest BCUT2D eigenvalue weighted by Gasteiger charge is -2.15. The van der Waals surface area contributed by atoms with Gasteiger partial charge in [-0.3, -0.25) is 9.59 Å². The van der Waals surface area contributed by atoms with E-state index >= 15 is 0 Å². The van der Waals surface area contributed by atoms with Gasteiger partial charge in [-0.1, -0.05) is 45.4 Å². The van der Waals surface area contributed by atoms with Crippen molar-refractivity contribution < 1.29 is 14.3 Å². The molecule has 7 heteroatoms. The van der Waals surface area contributed by atoms with Gasteiger partial charge in [0.25, 0.3) is 5.24 Å². The van der Waals surface area contributed by atoms with E-state index in [1.165, 1.54) is 4.90 Å². The van der Waals surface area contributed by atoms with E-state index in [-0.39, 0.29) is 11.1 Å². The Balaban J connectivity index is 1.86. The number of imide groups is 1. The number of carbonyl (C=O) groups is 2. The fraction of sp³-hybridized carbons (Fsp3) is 0.176. The lowest BCUT2D eigenvalue weighted by Crippen LogP contribution is -2.32. The number of amides is 2. The number of hydrogen-bond acceptors (Lipinski definition) is 4. The summed E-state index contributed by atoms with van der Waals surface area (Å²) in [5, 5.41) is -0.295. The first kappa shape index (κ1) is 17.3. The molecule has 2 amide bonds. The van der Waals surface area contributed by atoms with Crippen molar-refractivity contribution in [2.24, 2.45) is 0 Å². The average molecular weight is 427 g/mol. The molecule has 1 saturated heterocycles. The number of rotatable bonds is 4. The van der Waals surface area contributed by atoms with Crippen LogP contribution in [0.4, 0.5) is 10.5 Å². The van der Waals surface area contributed by atoms with Crippen LogP contribution in [-0.2, 0) is 11.2 Å². The van der Waals surface area contributed by atoms with Gasteiger partial charge in [-0.05, 0) is 48.4 Å². The van der Waals surface area contributed by atoms with Crippen LogP contribution in [0.15, 0.2) is 46.9 Å². The summed E-state index contributed by atoms with van der Waals surface area (Å²) >= 11 is 10.4. The van der Waals surface area contributed by atoms with Crippen molar-refractivity contribution in [2.45, 2.75) is 11.7 Å². The number of anilines is 1. The molecule has 1 aliphatic heterocycles. The molecule has 0 saturated carbocycles. The summed E-state index contributed by atoms with van der Waals surface area (Å²) in [6, 6.07) is 12.3. The number of methoxy groups -OCH3 is 1. The molecule has 1 aliphatic rings. The standard InChI is InChI=1S/C17H13BrClNO3S/c1-23-14-6-5-11(18)7-10(14)8-15-16(21)20(17(22)24-15)13-4-2-3-12(19)9-13/h2-7,9,15H,8H2,1H3/t15-/m0/s1. The number of ether oxygens (including phenoxy) is 1. The normalized spacial score (nSPS) is 17.5. The summed E-state index contributed by atoms with van der Waals surface area (Å²) in [4.78, 5) is 26.2. The van der Waals surface area contributed by atoms with Crippen LogP contribution >= 0.6 is 39.3 Å². The average Bonchev–Trinajstić information content (AvgIpc) is 2.81. The van der Waals surface area contributed by atoms with Gasteiger partial charge >= 0.3 is 0 Å². The Morgan fingerprint density at radius 1 is 1.25 bits per heavy atom. The molecule has 2 aromatic carbocycles. The number of halogens is 2. The van der Waals surface area contributed by atoms with Gasteiger partial charge in [0, 0.05) is 9.50 Å². The number of benzene rings is 2. The summed E-state index contributed by atoms with van der Waals surface area (Å²) in [5.41, 5.74) is 1.37. The van der Waals surface area contributed by atoms with E-state index in [0.29, 0.717) is 22.9 Å². The van der Waals surface area contributed by atoms with Gasteiger partial charge in [0.15, 0.2) is 0 Å². The van der Waals surface area contributed by atoms with Gasteiger partial charge in [0.05, 0.1) is 18.0 Å². The summed E-state index contributed by atoms with van der Waals surface area (Å²) in [7, 11) is 1.58. The lowest BCUT2D eigenvalue weighted by atomic mass is 10.1. The topological polar surface area (TPSA) is 46.6 Å². The maximum absolute atomic E-state index is 12.7. The van der Waals surface area contributed by atoms with Crippen LogP contribution in [0, 0.1) is 0 Å². The van der Waals surface area contributed by atoms with Crippen molar-refractivity contribution in [2.75, 3.05) is 12.0 Å². The first-order valence-electron chi connectivity index (χ1n) is 7.12. The minimum absolute atomic E-state index is 0.241. The SMILES string of the molecule is COc1ccc(Br)cc1C[C@@H]1SC(=O)N(c2cccc(Cl)c2)C1=O. The molecule has 0 radical (unpaired) electrons. The molecule has 1 fully saturated rings. The van der Waals surface area contributed by atoms with E-state index < -0.39 is 5.25 Å². The Morgan fingerprint density at radius 3 is 2.75 bits per heavy atom. The predicted molar refractivity (Wildman–Crippen MR) is 100 cm³/mol. The Labute approximate surface area is 157 Å². The van der Waals surface area contributed by atoms with Crippen molar-refractivity contribution in [3.05, 3.63) is 57.5 Å². The molecule has 0 N–H and O–H groups in total. The Morgan fingerprint density at radius 2 is 2.04 bits per heavy atom.